The molecule has 0 radical (unpaired) electrons. The molecule has 2 atom stereocenters. The highest BCUT2D eigenvalue weighted by Gasteiger charge is 2.33. The number of hydrogen-bond acceptors (Lipinski definition) is 4. The van der Waals surface area contributed by atoms with Crippen molar-refractivity contribution in [3.05, 3.63) is 24.3 Å². The van der Waals surface area contributed by atoms with Crippen LogP contribution in [0, 0.1) is 5.92 Å². The molecule has 2 N–H and O–H groups in total. The van der Waals surface area contributed by atoms with Gasteiger partial charge in [0.2, 0.25) is 5.91 Å². The van der Waals surface area contributed by atoms with E-state index in [1.54, 1.807) is 0 Å². The molecule has 2 rings (SSSR count). The first-order chi connectivity index (χ1) is 9.76. The number of amides is 1. The third-order valence-electron chi connectivity index (χ3n) is 3.33. The molecular weight excluding hydrogens is 256 g/mol. The molecule has 0 bridgehead atoms. The van der Waals surface area contributed by atoms with E-state index in [1.165, 1.54) is 0 Å². The Morgan fingerprint density at radius 3 is 2.90 bits per heavy atom. The maximum Gasteiger partial charge on any atom is 0.231 e. The van der Waals surface area contributed by atoms with E-state index >= 15 is 0 Å². The molecule has 5 heteroatoms. The fourth-order valence-electron chi connectivity index (χ4n) is 2.35. The van der Waals surface area contributed by atoms with Gasteiger partial charge in [0.25, 0.3) is 0 Å². The lowest BCUT2D eigenvalue weighted by Crippen LogP contribution is -2.41. The van der Waals surface area contributed by atoms with Gasteiger partial charge in [-0.25, -0.2) is 0 Å². The zero-order chi connectivity index (χ0) is 14.4. The van der Waals surface area contributed by atoms with Crippen molar-refractivity contribution in [2.24, 2.45) is 5.92 Å². The third-order valence-corrected chi connectivity index (χ3v) is 3.33. The topological polar surface area (TPSA) is 59.6 Å². The smallest absolute Gasteiger partial charge is 0.231 e. The molecule has 0 spiro atoms. The number of hydrogen-bond donors (Lipinski definition) is 2. The van der Waals surface area contributed by atoms with Gasteiger partial charge in [-0.1, -0.05) is 19.1 Å². The van der Waals surface area contributed by atoms with Gasteiger partial charge in [0.15, 0.2) is 0 Å². The van der Waals surface area contributed by atoms with Gasteiger partial charge < -0.3 is 20.1 Å². The van der Waals surface area contributed by atoms with Gasteiger partial charge in [0, 0.05) is 6.04 Å². The van der Waals surface area contributed by atoms with Gasteiger partial charge in [-0.05, 0) is 25.6 Å². The summed E-state index contributed by atoms with van der Waals surface area (Å²) < 4.78 is 10.9. The molecule has 20 heavy (non-hydrogen) atoms. The molecule has 0 aromatic heterocycles. The second-order valence-electron chi connectivity index (χ2n) is 4.73. The van der Waals surface area contributed by atoms with Crippen LogP contribution in [0.2, 0.25) is 0 Å². The fraction of sp³-hybridized carbons (Fsp3) is 0.533. The number of rotatable bonds is 6. The number of likely N-dealkylation sites (N-methyl/N-ethyl adjacent to an activating group) is 1. The highest BCUT2D eigenvalue weighted by molar-refractivity contribution is 5.94. The van der Waals surface area contributed by atoms with E-state index in [4.69, 9.17) is 9.47 Å². The quantitative estimate of drug-likeness (QED) is 0.830. The first-order valence-corrected chi connectivity index (χ1v) is 7.10. The van der Waals surface area contributed by atoms with Crippen LogP contribution in [0.5, 0.6) is 5.75 Å². The lowest BCUT2D eigenvalue weighted by molar-refractivity contribution is -0.120. The molecule has 110 valence electrons. The molecule has 0 saturated carbocycles. The van der Waals surface area contributed by atoms with Gasteiger partial charge in [0.05, 0.1) is 31.4 Å². The van der Waals surface area contributed by atoms with Crippen molar-refractivity contribution in [1.29, 1.82) is 0 Å². The lowest BCUT2D eigenvalue weighted by Gasteiger charge is -2.18. The Morgan fingerprint density at radius 2 is 2.15 bits per heavy atom. The van der Waals surface area contributed by atoms with E-state index in [9.17, 15) is 4.79 Å². The highest BCUT2D eigenvalue weighted by atomic mass is 16.5. The average Bonchev–Trinajstić information content (AvgIpc) is 2.90. The van der Waals surface area contributed by atoms with Gasteiger partial charge in [-0.3, -0.25) is 4.79 Å². The summed E-state index contributed by atoms with van der Waals surface area (Å²) in [5.41, 5.74) is 0.710. The van der Waals surface area contributed by atoms with E-state index in [2.05, 4.69) is 10.6 Å². The van der Waals surface area contributed by atoms with Crippen LogP contribution in [-0.2, 0) is 9.53 Å². The van der Waals surface area contributed by atoms with E-state index < -0.39 is 0 Å². The third kappa shape index (κ3) is 3.49. The molecule has 1 saturated heterocycles. The second-order valence-corrected chi connectivity index (χ2v) is 4.73. The van der Waals surface area contributed by atoms with Crippen molar-refractivity contribution in [1.82, 2.24) is 5.32 Å². The van der Waals surface area contributed by atoms with Gasteiger partial charge in [-0.15, -0.1) is 0 Å². The van der Waals surface area contributed by atoms with Crippen LogP contribution in [0.1, 0.15) is 13.8 Å². The first-order valence-electron chi connectivity index (χ1n) is 7.10. The largest absolute Gasteiger partial charge is 0.492 e. The Bertz CT molecular complexity index is 450. The fourth-order valence-corrected chi connectivity index (χ4v) is 2.35. The van der Waals surface area contributed by atoms with Crippen molar-refractivity contribution in [3.8, 4) is 5.75 Å². The normalized spacial score (nSPS) is 21.7. The summed E-state index contributed by atoms with van der Waals surface area (Å²) in [7, 11) is 0. The van der Waals surface area contributed by atoms with E-state index in [1.807, 2.05) is 38.1 Å². The van der Waals surface area contributed by atoms with Crippen LogP contribution in [0.15, 0.2) is 24.3 Å². The summed E-state index contributed by atoms with van der Waals surface area (Å²) in [6.07, 6.45) is 0. The predicted octanol–water partition coefficient (Wildman–Crippen LogP) is 1.65. The molecule has 1 aromatic carbocycles. The number of carbonyl (C=O) groups is 1. The summed E-state index contributed by atoms with van der Waals surface area (Å²) >= 11 is 0. The number of anilines is 1. The molecule has 0 aliphatic carbocycles. The summed E-state index contributed by atoms with van der Waals surface area (Å²) in [6, 6.07) is 7.55. The maximum absolute atomic E-state index is 12.4. The molecule has 5 nitrogen and oxygen atoms in total. The Morgan fingerprint density at radius 1 is 1.35 bits per heavy atom. The van der Waals surface area contributed by atoms with E-state index in [0.29, 0.717) is 31.3 Å². The Labute approximate surface area is 119 Å². The molecular formula is C15H22N2O3. The van der Waals surface area contributed by atoms with Crippen LogP contribution in [0.25, 0.3) is 0 Å². The van der Waals surface area contributed by atoms with Crippen molar-refractivity contribution >= 4 is 11.6 Å². The van der Waals surface area contributed by atoms with Gasteiger partial charge in [0.1, 0.15) is 5.75 Å². The minimum atomic E-state index is -0.162. The van der Waals surface area contributed by atoms with Crippen LogP contribution in [0.3, 0.4) is 0 Å². The predicted molar refractivity (Wildman–Crippen MR) is 78.0 cm³/mol. The maximum atomic E-state index is 12.4. The van der Waals surface area contributed by atoms with Crippen molar-refractivity contribution in [3.63, 3.8) is 0 Å². The molecule has 1 aromatic rings. The van der Waals surface area contributed by atoms with Crippen LogP contribution < -0.4 is 15.4 Å². The Kier molecular flexibility index (Phi) is 5.38. The number of benzene rings is 1. The molecule has 1 aliphatic heterocycles. The molecule has 1 fully saturated rings. The second kappa shape index (κ2) is 7.26. The zero-order valence-electron chi connectivity index (χ0n) is 12.0. The first kappa shape index (κ1) is 14.8. The van der Waals surface area contributed by atoms with Crippen LogP contribution >= 0.6 is 0 Å². The van der Waals surface area contributed by atoms with Crippen LogP contribution in [0.4, 0.5) is 5.69 Å². The summed E-state index contributed by atoms with van der Waals surface area (Å²) in [4.78, 5) is 12.4. The summed E-state index contributed by atoms with van der Waals surface area (Å²) in [6.45, 7) is 6.38. The number of para-hydroxylation sites is 2. The highest BCUT2D eigenvalue weighted by Crippen LogP contribution is 2.25. The Balaban J connectivity index is 2.04. The van der Waals surface area contributed by atoms with Gasteiger partial charge in [-0.2, -0.15) is 0 Å². The lowest BCUT2D eigenvalue weighted by atomic mass is 10.0. The van der Waals surface area contributed by atoms with Gasteiger partial charge >= 0.3 is 0 Å². The molecule has 1 heterocycles. The number of ether oxygens (including phenoxy) is 2. The Hall–Kier alpha value is -1.59. The zero-order valence-corrected chi connectivity index (χ0v) is 12.0. The molecule has 2 unspecified atom stereocenters. The average molecular weight is 278 g/mol. The SMILES string of the molecule is CCNC1COCC1C(=O)Nc1ccccc1OCC. The summed E-state index contributed by atoms with van der Waals surface area (Å²) in [5, 5.41) is 6.23. The van der Waals surface area contributed by atoms with Crippen LogP contribution in [-0.4, -0.2) is 38.3 Å². The number of carbonyl (C=O) groups excluding carboxylic acids is 1. The molecule has 1 aliphatic rings. The van der Waals surface area contributed by atoms with E-state index in [-0.39, 0.29) is 17.9 Å². The summed E-state index contributed by atoms with van der Waals surface area (Å²) in [5.74, 6) is 0.507. The monoisotopic (exact) mass is 278 g/mol. The minimum absolute atomic E-state index is 0.0272. The van der Waals surface area contributed by atoms with Crippen molar-refractivity contribution in [2.75, 3.05) is 31.7 Å². The van der Waals surface area contributed by atoms with E-state index in [0.717, 1.165) is 6.54 Å². The van der Waals surface area contributed by atoms with Crippen molar-refractivity contribution < 1.29 is 14.3 Å². The van der Waals surface area contributed by atoms with Crippen molar-refractivity contribution in [2.45, 2.75) is 19.9 Å². The standard InChI is InChI=1S/C15H22N2O3/c1-3-16-13-10-19-9-11(13)15(18)17-12-7-5-6-8-14(12)20-4-2/h5-8,11,13,16H,3-4,9-10H2,1-2H3,(H,17,18). The number of nitrogens with one attached hydrogen (secondary N) is 2. The molecule has 1 amide bonds. The minimum Gasteiger partial charge on any atom is -0.492 e.